The zero-order chi connectivity index (χ0) is 37.7. The smallest absolute Gasteiger partial charge is 0.395 e. The normalized spacial score (nSPS) is 14.6. The number of aliphatic hydroxyl groups is 2. The monoisotopic (exact) mass is 728 g/mol. The first-order valence-electron chi connectivity index (χ1n) is 17.4. The highest BCUT2D eigenvalue weighted by molar-refractivity contribution is 6.00. The number of hydrogen-bond donors (Lipinski definition) is 3. The topological polar surface area (TPSA) is 137 Å². The zero-order valence-corrected chi connectivity index (χ0v) is 30.2. The summed E-state index contributed by atoms with van der Waals surface area (Å²) in [6.07, 6.45) is -1.43. The number of carbonyl (C=O) groups excluding carboxylic acids is 1. The summed E-state index contributed by atoms with van der Waals surface area (Å²) in [6.45, 7) is 10.6. The minimum atomic E-state index is -3.80. The Morgan fingerprint density at radius 2 is 1.65 bits per heavy atom. The first-order chi connectivity index (χ1) is 24.6. The molecule has 2 aromatic heterocycles. The molecule has 2 aromatic carbocycles. The quantitative estimate of drug-likeness (QED) is 0.0994. The molecular weight excluding hydrogens is 681 g/mol. The predicted molar refractivity (Wildman–Crippen MR) is 188 cm³/mol. The number of carbonyl (C=O) groups is 1. The molecular formula is C38H47F3N4O7. The van der Waals surface area contributed by atoms with Crippen molar-refractivity contribution < 1.29 is 47.1 Å². The van der Waals surface area contributed by atoms with Gasteiger partial charge in [-0.2, -0.15) is 10.2 Å². The van der Waals surface area contributed by atoms with Crippen molar-refractivity contribution in [2.45, 2.75) is 96.7 Å². The summed E-state index contributed by atoms with van der Waals surface area (Å²) in [5, 5.41) is 31.6. The van der Waals surface area contributed by atoms with E-state index in [1.54, 1.807) is 18.4 Å². The molecule has 3 heterocycles. The highest BCUT2D eigenvalue weighted by Crippen LogP contribution is 2.43. The average molecular weight is 729 g/mol. The molecule has 52 heavy (non-hydrogen) atoms. The van der Waals surface area contributed by atoms with E-state index in [0.717, 1.165) is 42.8 Å². The molecule has 282 valence electrons. The number of aryl methyl sites for hydroxylation is 1. The van der Waals surface area contributed by atoms with Crippen LogP contribution in [0.15, 0.2) is 48.5 Å². The van der Waals surface area contributed by atoms with Crippen LogP contribution in [-0.4, -0.2) is 69.7 Å². The molecule has 1 amide bonds. The van der Waals surface area contributed by atoms with Crippen LogP contribution in [0.2, 0.25) is 0 Å². The van der Waals surface area contributed by atoms with E-state index in [-0.39, 0.29) is 23.7 Å². The van der Waals surface area contributed by atoms with E-state index in [9.17, 15) is 23.8 Å². The molecule has 0 saturated carbocycles. The number of unbranched alkanes of at least 4 members (excludes halogenated alkanes) is 2. The van der Waals surface area contributed by atoms with Crippen LogP contribution >= 0.6 is 0 Å². The van der Waals surface area contributed by atoms with Crippen molar-refractivity contribution in [1.29, 1.82) is 0 Å². The van der Waals surface area contributed by atoms with E-state index in [1.807, 2.05) is 39.0 Å². The average Bonchev–Trinajstić information content (AvgIpc) is 3.62. The number of nitrogens with one attached hydrogen (secondary N) is 1. The Hall–Kier alpha value is -4.24. The molecule has 1 aliphatic heterocycles. The van der Waals surface area contributed by atoms with Gasteiger partial charge in [-0.25, -0.2) is 4.39 Å². The van der Waals surface area contributed by atoms with Crippen LogP contribution in [0.25, 0.3) is 10.9 Å². The number of fused-ring (bicyclic) bond motifs is 2. The summed E-state index contributed by atoms with van der Waals surface area (Å²) in [5.41, 5.74) is 1.39. The number of amides is 1. The van der Waals surface area contributed by atoms with E-state index in [4.69, 9.17) is 9.47 Å². The van der Waals surface area contributed by atoms with Gasteiger partial charge in [0.1, 0.15) is 5.82 Å². The van der Waals surface area contributed by atoms with Gasteiger partial charge in [0.05, 0.1) is 60.5 Å². The van der Waals surface area contributed by atoms with E-state index < -0.39 is 41.6 Å². The second kappa shape index (κ2) is 16.2. The number of nitrogens with zero attached hydrogens (tertiary/aromatic N) is 3. The van der Waals surface area contributed by atoms with Crippen molar-refractivity contribution in [3.63, 3.8) is 0 Å². The van der Waals surface area contributed by atoms with Gasteiger partial charge in [0, 0.05) is 35.8 Å². The number of hydrogen-bond acceptors (Lipinski definition) is 9. The molecule has 0 aliphatic carbocycles. The molecule has 1 aliphatic rings. The Bertz CT molecular complexity index is 1850. The summed E-state index contributed by atoms with van der Waals surface area (Å²) < 4.78 is 65.4. The summed E-state index contributed by atoms with van der Waals surface area (Å²) >= 11 is 0. The predicted octanol–water partition coefficient (Wildman–Crippen LogP) is 6.41. The first-order valence-corrected chi connectivity index (χ1v) is 17.4. The van der Waals surface area contributed by atoms with Gasteiger partial charge in [-0.1, -0.05) is 26.8 Å². The number of halogens is 3. The summed E-state index contributed by atoms with van der Waals surface area (Å²) in [5.74, 6) is -1.65. The zero-order valence-electron chi connectivity index (χ0n) is 30.2. The minimum absolute atomic E-state index is 0.00836. The molecule has 3 N–H and O–H groups in total. The number of rotatable bonds is 18. The fraction of sp³-hybridized carbons (Fsp3) is 0.500. The second-order valence-corrected chi connectivity index (χ2v) is 14.2. The number of aliphatic hydroxyl groups excluding tert-OH is 2. The highest BCUT2D eigenvalue weighted by atomic mass is 19.3. The summed E-state index contributed by atoms with van der Waals surface area (Å²) in [4.78, 5) is 13.5. The molecule has 0 fully saturated rings. The van der Waals surface area contributed by atoms with Crippen molar-refractivity contribution in [3.8, 4) is 11.5 Å². The third kappa shape index (κ3) is 9.21. The molecule has 14 heteroatoms. The van der Waals surface area contributed by atoms with Crippen LogP contribution in [0.1, 0.15) is 76.5 Å². The second-order valence-electron chi connectivity index (χ2n) is 14.2. The standard InChI is InChI=1S/C38H47F3N4O7/c1-6-26-11-12-27(44-43-26)22-49-14-8-7-9-15-50-23-36(2,3)34-17-24-16-30(29(39)19-31(24)45(34)20-28(47)21-46)42-35(48)37(4,5)25-10-13-32-33(18-25)52-38(40,41)51-32/h10-13,16-19,28,46-47H,6-9,14-15,20-23H2,1-5H3,(H,42,48). The Balaban J connectivity index is 1.21. The Labute approximate surface area is 301 Å². The number of benzene rings is 2. The molecule has 1 unspecified atom stereocenters. The van der Waals surface area contributed by atoms with Gasteiger partial charge in [-0.15, -0.1) is 8.78 Å². The van der Waals surface area contributed by atoms with Gasteiger partial charge in [0.2, 0.25) is 5.91 Å². The third-order valence-corrected chi connectivity index (χ3v) is 9.15. The molecule has 0 radical (unpaired) electrons. The Kier molecular flexibility index (Phi) is 12.1. The van der Waals surface area contributed by atoms with Gasteiger partial charge < -0.3 is 39.0 Å². The number of ether oxygens (including phenoxy) is 4. The lowest BCUT2D eigenvalue weighted by molar-refractivity contribution is -0.286. The van der Waals surface area contributed by atoms with Gasteiger partial charge in [-0.05, 0) is 81.5 Å². The van der Waals surface area contributed by atoms with Crippen LogP contribution in [0.4, 0.5) is 18.9 Å². The van der Waals surface area contributed by atoms with E-state index in [2.05, 4.69) is 25.0 Å². The number of aromatic nitrogens is 3. The molecule has 5 rings (SSSR count). The Morgan fingerprint density at radius 1 is 0.962 bits per heavy atom. The van der Waals surface area contributed by atoms with E-state index >= 15 is 4.39 Å². The molecule has 4 aromatic rings. The number of alkyl halides is 2. The fourth-order valence-corrected chi connectivity index (χ4v) is 5.97. The highest BCUT2D eigenvalue weighted by Gasteiger charge is 2.44. The molecule has 1 atom stereocenters. The van der Waals surface area contributed by atoms with E-state index in [0.29, 0.717) is 42.9 Å². The van der Waals surface area contributed by atoms with Crippen molar-refractivity contribution in [2.75, 3.05) is 31.7 Å². The lowest BCUT2D eigenvalue weighted by atomic mass is 9.83. The van der Waals surface area contributed by atoms with Crippen molar-refractivity contribution in [2.24, 2.45) is 0 Å². The van der Waals surface area contributed by atoms with Gasteiger partial charge >= 0.3 is 6.29 Å². The Morgan fingerprint density at radius 3 is 2.35 bits per heavy atom. The van der Waals surface area contributed by atoms with Crippen LogP contribution in [0.5, 0.6) is 11.5 Å². The van der Waals surface area contributed by atoms with Crippen molar-refractivity contribution in [3.05, 3.63) is 77.0 Å². The lowest BCUT2D eigenvalue weighted by Gasteiger charge is -2.27. The van der Waals surface area contributed by atoms with Crippen LogP contribution < -0.4 is 14.8 Å². The van der Waals surface area contributed by atoms with Gasteiger partial charge in [0.15, 0.2) is 11.5 Å². The van der Waals surface area contributed by atoms with Gasteiger partial charge in [0.25, 0.3) is 0 Å². The molecule has 0 saturated heterocycles. The fourth-order valence-electron chi connectivity index (χ4n) is 5.97. The number of anilines is 1. The maximum atomic E-state index is 15.7. The van der Waals surface area contributed by atoms with E-state index in [1.165, 1.54) is 30.3 Å². The summed E-state index contributed by atoms with van der Waals surface area (Å²) in [6, 6.07) is 12.6. The lowest BCUT2D eigenvalue weighted by Crippen LogP contribution is -2.35. The molecule has 0 spiro atoms. The van der Waals surface area contributed by atoms with Gasteiger partial charge in [-0.3, -0.25) is 4.79 Å². The SMILES string of the molecule is CCc1ccc(COCCCCCOCC(C)(C)c2cc3cc(NC(=O)C(C)(C)c4ccc5c(c4)OC(F)(F)O5)c(F)cc3n2CC(O)CO)nn1. The van der Waals surface area contributed by atoms with Crippen LogP contribution in [-0.2, 0) is 44.7 Å². The van der Waals surface area contributed by atoms with Crippen LogP contribution in [0.3, 0.4) is 0 Å². The molecule has 0 bridgehead atoms. The maximum Gasteiger partial charge on any atom is 0.586 e. The van der Waals surface area contributed by atoms with Crippen molar-refractivity contribution >= 4 is 22.5 Å². The molecule has 11 nitrogen and oxygen atoms in total. The van der Waals surface area contributed by atoms with Crippen LogP contribution in [0, 0.1) is 5.82 Å². The third-order valence-electron chi connectivity index (χ3n) is 9.15. The first kappa shape index (κ1) is 39.0. The summed E-state index contributed by atoms with van der Waals surface area (Å²) in [7, 11) is 0. The minimum Gasteiger partial charge on any atom is -0.395 e. The largest absolute Gasteiger partial charge is 0.586 e. The van der Waals surface area contributed by atoms with Crippen molar-refractivity contribution in [1.82, 2.24) is 14.8 Å². The maximum absolute atomic E-state index is 15.7.